The van der Waals surface area contributed by atoms with Crippen LogP contribution in [0.5, 0.6) is 0 Å². The summed E-state index contributed by atoms with van der Waals surface area (Å²) in [7, 11) is -3.92. The molecule has 0 saturated carbocycles. The third-order valence-electron chi connectivity index (χ3n) is 3.34. The first kappa shape index (κ1) is 15.9. The highest BCUT2D eigenvalue weighted by Gasteiger charge is 2.17. The Morgan fingerprint density at radius 2 is 2.04 bits per heavy atom. The lowest BCUT2D eigenvalue weighted by Gasteiger charge is -2.08. The van der Waals surface area contributed by atoms with Crippen molar-refractivity contribution in [3.8, 4) is 0 Å². The van der Waals surface area contributed by atoms with Crippen LogP contribution in [-0.2, 0) is 21.2 Å². The quantitative estimate of drug-likeness (QED) is 0.648. The van der Waals surface area contributed by atoms with E-state index in [0.29, 0.717) is 16.6 Å². The molecule has 3 aromatic rings. The van der Waals surface area contributed by atoms with Crippen LogP contribution in [0, 0.1) is 5.82 Å². The van der Waals surface area contributed by atoms with Crippen molar-refractivity contribution in [1.29, 1.82) is 0 Å². The number of aromatic amines is 1. The fourth-order valence-corrected chi connectivity index (χ4v) is 3.36. The fraction of sp³-hybridized carbons (Fsp3) is 0.0667. The van der Waals surface area contributed by atoms with Gasteiger partial charge in [-0.2, -0.15) is 5.10 Å². The number of carbonyl (C=O) groups is 1. The smallest absolute Gasteiger partial charge is 0.261 e. The average Bonchev–Trinajstić information content (AvgIpc) is 2.88. The molecule has 0 radical (unpaired) electrons. The zero-order valence-corrected chi connectivity index (χ0v) is 13.1. The van der Waals surface area contributed by atoms with Gasteiger partial charge in [-0.25, -0.2) is 12.8 Å². The number of H-pyrrole nitrogens is 1. The Labute approximate surface area is 136 Å². The third-order valence-corrected chi connectivity index (χ3v) is 4.72. The highest BCUT2D eigenvalue weighted by atomic mass is 32.2. The molecule has 1 aromatic heterocycles. The summed E-state index contributed by atoms with van der Waals surface area (Å²) in [4.78, 5) is 11.0. The van der Waals surface area contributed by atoms with Crippen molar-refractivity contribution in [2.45, 2.75) is 11.3 Å². The average molecular weight is 348 g/mol. The van der Waals surface area contributed by atoms with E-state index >= 15 is 0 Å². The summed E-state index contributed by atoms with van der Waals surface area (Å²) in [6.45, 7) is 0. The normalized spacial score (nSPS) is 11.5. The first-order valence-corrected chi connectivity index (χ1v) is 8.37. The molecule has 9 heteroatoms. The van der Waals surface area contributed by atoms with Gasteiger partial charge in [-0.1, -0.05) is 6.07 Å². The van der Waals surface area contributed by atoms with Crippen LogP contribution in [-0.4, -0.2) is 24.5 Å². The van der Waals surface area contributed by atoms with Crippen molar-refractivity contribution in [1.82, 2.24) is 10.2 Å². The minimum atomic E-state index is -3.92. The van der Waals surface area contributed by atoms with Gasteiger partial charge in [-0.05, 0) is 36.4 Å². The number of nitrogens with two attached hydrogens (primary N) is 1. The monoisotopic (exact) mass is 348 g/mol. The van der Waals surface area contributed by atoms with Crippen molar-refractivity contribution >= 4 is 32.5 Å². The predicted octanol–water partition coefficient (Wildman–Crippen LogP) is 1.53. The van der Waals surface area contributed by atoms with Gasteiger partial charge in [0.25, 0.3) is 10.0 Å². The number of aromatic nitrogens is 2. The van der Waals surface area contributed by atoms with E-state index in [9.17, 15) is 17.6 Å². The number of fused-ring (bicyclic) bond motifs is 1. The minimum absolute atomic E-state index is 0.0358. The van der Waals surface area contributed by atoms with Gasteiger partial charge >= 0.3 is 0 Å². The highest BCUT2D eigenvalue weighted by Crippen LogP contribution is 2.23. The molecule has 0 aliphatic heterocycles. The Bertz CT molecular complexity index is 1030. The molecule has 0 aliphatic carbocycles. The summed E-state index contributed by atoms with van der Waals surface area (Å²) < 4.78 is 40.4. The minimum Gasteiger partial charge on any atom is -0.369 e. The van der Waals surface area contributed by atoms with Crippen LogP contribution in [0.25, 0.3) is 10.9 Å². The Morgan fingerprint density at radius 3 is 2.75 bits per heavy atom. The summed E-state index contributed by atoms with van der Waals surface area (Å²) in [5.74, 6) is -1.11. The van der Waals surface area contributed by atoms with Gasteiger partial charge in [0, 0.05) is 5.39 Å². The van der Waals surface area contributed by atoms with Crippen LogP contribution in [0.1, 0.15) is 5.69 Å². The number of amides is 1. The molecule has 3 rings (SSSR count). The number of anilines is 1. The van der Waals surface area contributed by atoms with Crippen molar-refractivity contribution in [3.63, 3.8) is 0 Å². The molecule has 0 unspecified atom stereocenters. The topological polar surface area (TPSA) is 118 Å². The van der Waals surface area contributed by atoms with Crippen molar-refractivity contribution < 1.29 is 17.6 Å². The van der Waals surface area contributed by atoms with E-state index in [2.05, 4.69) is 14.9 Å². The number of nitrogens with zero attached hydrogens (tertiary/aromatic N) is 1. The Morgan fingerprint density at radius 1 is 1.25 bits per heavy atom. The maximum Gasteiger partial charge on any atom is 0.261 e. The second-order valence-electron chi connectivity index (χ2n) is 5.14. The van der Waals surface area contributed by atoms with Gasteiger partial charge in [0.15, 0.2) is 0 Å². The number of carbonyl (C=O) groups excluding carboxylic acids is 1. The molecular formula is C15H13FN4O3S. The molecule has 0 aliphatic rings. The first-order chi connectivity index (χ1) is 11.3. The Hall–Kier alpha value is -2.94. The van der Waals surface area contributed by atoms with Crippen molar-refractivity contribution in [2.75, 3.05) is 4.72 Å². The second-order valence-corrected chi connectivity index (χ2v) is 6.82. The summed E-state index contributed by atoms with van der Waals surface area (Å²) in [6, 6.07) is 9.40. The number of halogens is 1. The van der Waals surface area contributed by atoms with Gasteiger partial charge in [0.05, 0.1) is 28.2 Å². The second kappa shape index (κ2) is 5.93. The van der Waals surface area contributed by atoms with Gasteiger partial charge in [0.1, 0.15) is 5.82 Å². The lowest BCUT2D eigenvalue weighted by molar-refractivity contribution is -0.117. The molecule has 4 N–H and O–H groups in total. The van der Waals surface area contributed by atoms with Crippen molar-refractivity contribution in [3.05, 3.63) is 54.0 Å². The zero-order valence-electron chi connectivity index (χ0n) is 12.3. The van der Waals surface area contributed by atoms with Crippen LogP contribution in [0.3, 0.4) is 0 Å². The maximum absolute atomic E-state index is 13.2. The van der Waals surface area contributed by atoms with Gasteiger partial charge in [-0.3, -0.25) is 14.6 Å². The number of sulfonamides is 1. The van der Waals surface area contributed by atoms with E-state index in [1.54, 1.807) is 0 Å². The molecule has 1 amide bonds. The largest absolute Gasteiger partial charge is 0.369 e. The molecule has 124 valence electrons. The summed E-state index contributed by atoms with van der Waals surface area (Å²) in [5.41, 5.74) is 6.21. The number of hydrogen-bond donors (Lipinski definition) is 3. The number of rotatable bonds is 5. The maximum atomic E-state index is 13.2. The molecule has 2 aromatic carbocycles. The number of primary amides is 1. The van der Waals surface area contributed by atoms with Crippen LogP contribution < -0.4 is 10.5 Å². The molecule has 0 atom stereocenters. The van der Waals surface area contributed by atoms with Crippen LogP contribution in [0.4, 0.5) is 10.1 Å². The van der Waals surface area contributed by atoms with E-state index < -0.39 is 21.7 Å². The lowest BCUT2D eigenvalue weighted by atomic mass is 10.1. The Balaban J connectivity index is 1.99. The lowest BCUT2D eigenvalue weighted by Crippen LogP contribution is -2.14. The molecule has 0 bridgehead atoms. The zero-order chi connectivity index (χ0) is 17.3. The SMILES string of the molecule is NC(=O)Cc1[nH]nc2ccc(S(=O)(=O)Nc3cccc(F)c3)cc12. The fourth-order valence-electron chi connectivity index (χ4n) is 2.28. The van der Waals surface area contributed by atoms with E-state index in [4.69, 9.17) is 5.73 Å². The molecule has 7 nitrogen and oxygen atoms in total. The van der Waals surface area contributed by atoms with Gasteiger partial charge in [0.2, 0.25) is 5.91 Å². The number of hydrogen-bond acceptors (Lipinski definition) is 4. The third kappa shape index (κ3) is 3.20. The predicted molar refractivity (Wildman–Crippen MR) is 86.2 cm³/mol. The molecule has 1 heterocycles. The molecule has 24 heavy (non-hydrogen) atoms. The molecule has 0 fully saturated rings. The Kier molecular flexibility index (Phi) is 3.94. The molecule has 0 saturated heterocycles. The summed E-state index contributed by atoms with van der Waals surface area (Å²) in [5, 5.41) is 7.14. The molecule has 0 spiro atoms. The highest BCUT2D eigenvalue weighted by molar-refractivity contribution is 7.92. The van der Waals surface area contributed by atoms with Gasteiger partial charge < -0.3 is 5.73 Å². The summed E-state index contributed by atoms with van der Waals surface area (Å²) >= 11 is 0. The van der Waals surface area contributed by atoms with E-state index in [-0.39, 0.29) is 17.0 Å². The standard InChI is InChI=1S/C15H13FN4O3S/c16-9-2-1-3-10(6-9)20-24(22,23)11-4-5-13-12(7-11)14(19-18-13)8-15(17)21/h1-7,20H,8H2,(H2,17,21)(H,18,19). The van der Waals surface area contributed by atoms with Crippen LogP contribution in [0.15, 0.2) is 47.4 Å². The number of nitrogens with one attached hydrogen (secondary N) is 2. The van der Waals surface area contributed by atoms with Gasteiger partial charge in [-0.15, -0.1) is 0 Å². The first-order valence-electron chi connectivity index (χ1n) is 6.89. The van der Waals surface area contributed by atoms with E-state index in [1.807, 2.05) is 0 Å². The van der Waals surface area contributed by atoms with E-state index in [1.165, 1.54) is 36.4 Å². The van der Waals surface area contributed by atoms with Crippen LogP contribution in [0.2, 0.25) is 0 Å². The number of benzene rings is 2. The van der Waals surface area contributed by atoms with Crippen LogP contribution >= 0.6 is 0 Å². The van der Waals surface area contributed by atoms with E-state index in [0.717, 1.165) is 6.07 Å². The molecular weight excluding hydrogens is 335 g/mol. The summed E-state index contributed by atoms with van der Waals surface area (Å²) in [6.07, 6.45) is -0.0860. The van der Waals surface area contributed by atoms with Crippen molar-refractivity contribution in [2.24, 2.45) is 5.73 Å².